The molecule has 1 aliphatic rings. The number of primary amides is 1. The Morgan fingerprint density at radius 3 is 3.00 bits per heavy atom. The zero-order chi connectivity index (χ0) is 8.97. The molecular formula is C6H12N2O4. The molecule has 1 heterocycles. The Hall–Kier alpha value is -0.850. The van der Waals surface area contributed by atoms with Crippen LogP contribution in [0.25, 0.3) is 0 Å². The standard InChI is InChI=1S/C6H12N2O4/c7-6(10)8-5-1-4(2-9)11-3-12-5/h4-5,9H,1-3H2,(H3,7,8,10). The summed E-state index contributed by atoms with van der Waals surface area (Å²) in [4.78, 5) is 10.4. The van der Waals surface area contributed by atoms with Gasteiger partial charge in [0.15, 0.2) is 0 Å². The minimum atomic E-state index is -0.640. The molecule has 0 bridgehead atoms. The van der Waals surface area contributed by atoms with Crippen molar-refractivity contribution < 1.29 is 19.4 Å². The molecule has 6 heteroatoms. The molecule has 0 aromatic carbocycles. The van der Waals surface area contributed by atoms with Gasteiger partial charge in [0, 0.05) is 6.42 Å². The lowest BCUT2D eigenvalue weighted by molar-refractivity contribution is -0.188. The average Bonchev–Trinajstić information content (AvgIpc) is 2.03. The molecule has 0 aromatic heterocycles. The van der Waals surface area contributed by atoms with E-state index in [1.807, 2.05) is 0 Å². The number of aliphatic hydroxyl groups excluding tert-OH is 1. The number of hydrogen-bond acceptors (Lipinski definition) is 4. The molecular weight excluding hydrogens is 164 g/mol. The summed E-state index contributed by atoms with van der Waals surface area (Å²) < 4.78 is 9.95. The average molecular weight is 176 g/mol. The number of rotatable bonds is 2. The highest BCUT2D eigenvalue weighted by molar-refractivity contribution is 5.71. The summed E-state index contributed by atoms with van der Waals surface area (Å²) in [5.41, 5.74) is 4.88. The molecule has 2 unspecified atom stereocenters. The third-order valence-electron chi connectivity index (χ3n) is 1.56. The molecule has 0 aliphatic carbocycles. The molecule has 4 N–H and O–H groups in total. The summed E-state index contributed by atoms with van der Waals surface area (Å²) >= 11 is 0. The highest BCUT2D eigenvalue weighted by atomic mass is 16.7. The number of carbonyl (C=O) groups excluding carboxylic acids is 1. The molecule has 70 valence electrons. The zero-order valence-corrected chi connectivity index (χ0v) is 6.53. The smallest absolute Gasteiger partial charge is 0.314 e. The van der Waals surface area contributed by atoms with Gasteiger partial charge in [-0.2, -0.15) is 0 Å². The molecule has 1 saturated heterocycles. The van der Waals surface area contributed by atoms with E-state index in [-0.39, 0.29) is 19.5 Å². The van der Waals surface area contributed by atoms with E-state index in [1.165, 1.54) is 0 Å². The summed E-state index contributed by atoms with van der Waals surface area (Å²) in [6.07, 6.45) is -0.316. The van der Waals surface area contributed by atoms with E-state index in [4.69, 9.17) is 20.3 Å². The van der Waals surface area contributed by atoms with E-state index in [0.29, 0.717) is 6.42 Å². The van der Waals surface area contributed by atoms with Crippen LogP contribution in [0.5, 0.6) is 0 Å². The second kappa shape index (κ2) is 4.24. The van der Waals surface area contributed by atoms with E-state index in [1.54, 1.807) is 0 Å². The maximum absolute atomic E-state index is 10.4. The molecule has 2 atom stereocenters. The third-order valence-corrected chi connectivity index (χ3v) is 1.56. The van der Waals surface area contributed by atoms with Crippen molar-refractivity contribution in [2.24, 2.45) is 5.73 Å². The Bertz CT molecular complexity index is 164. The monoisotopic (exact) mass is 176 g/mol. The van der Waals surface area contributed by atoms with E-state index >= 15 is 0 Å². The van der Waals surface area contributed by atoms with Gasteiger partial charge in [-0.25, -0.2) is 4.79 Å². The van der Waals surface area contributed by atoms with Crippen molar-refractivity contribution >= 4 is 6.03 Å². The van der Waals surface area contributed by atoms with Gasteiger partial charge in [-0.15, -0.1) is 0 Å². The first-order valence-corrected chi connectivity index (χ1v) is 3.62. The van der Waals surface area contributed by atoms with Gasteiger partial charge in [0.25, 0.3) is 0 Å². The number of ether oxygens (including phenoxy) is 2. The van der Waals surface area contributed by atoms with Gasteiger partial charge in [-0.05, 0) is 0 Å². The SMILES string of the molecule is NC(=O)NC1CC(CO)OCO1. The molecule has 1 aliphatic heterocycles. The van der Waals surface area contributed by atoms with Crippen LogP contribution in [0.15, 0.2) is 0 Å². The maximum Gasteiger partial charge on any atom is 0.314 e. The molecule has 6 nitrogen and oxygen atoms in total. The lowest BCUT2D eigenvalue weighted by Crippen LogP contribution is -2.46. The van der Waals surface area contributed by atoms with Crippen LogP contribution >= 0.6 is 0 Å². The predicted molar refractivity (Wildman–Crippen MR) is 39.0 cm³/mol. The van der Waals surface area contributed by atoms with Crippen LogP contribution in [0, 0.1) is 0 Å². The van der Waals surface area contributed by atoms with Crippen LogP contribution < -0.4 is 11.1 Å². The Morgan fingerprint density at radius 1 is 1.67 bits per heavy atom. The van der Waals surface area contributed by atoms with E-state index in [9.17, 15) is 4.79 Å². The van der Waals surface area contributed by atoms with Gasteiger partial charge in [0.2, 0.25) is 0 Å². The van der Waals surface area contributed by atoms with Crippen molar-refractivity contribution in [3.05, 3.63) is 0 Å². The number of hydrogen-bond donors (Lipinski definition) is 3. The minimum Gasteiger partial charge on any atom is -0.394 e. The van der Waals surface area contributed by atoms with Gasteiger partial charge in [0.05, 0.1) is 12.7 Å². The Balaban J connectivity index is 2.30. The molecule has 1 rings (SSSR count). The van der Waals surface area contributed by atoms with Gasteiger partial charge >= 0.3 is 6.03 Å². The highest BCUT2D eigenvalue weighted by Crippen LogP contribution is 2.10. The Kier molecular flexibility index (Phi) is 3.27. The first-order valence-electron chi connectivity index (χ1n) is 3.62. The fraction of sp³-hybridized carbons (Fsp3) is 0.833. The first kappa shape index (κ1) is 9.24. The zero-order valence-electron chi connectivity index (χ0n) is 6.53. The Morgan fingerprint density at radius 2 is 2.42 bits per heavy atom. The molecule has 0 aromatic rings. The predicted octanol–water partition coefficient (Wildman–Crippen LogP) is -1.26. The van der Waals surface area contributed by atoms with Crippen molar-refractivity contribution in [3.8, 4) is 0 Å². The second-order valence-corrected chi connectivity index (χ2v) is 2.49. The third kappa shape index (κ3) is 2.65. The lowest BCUT2D eigenvalue weighted by Gasteiger charge is -2.28. The summed E-state index contributed by atoms with van der Waals surface area (Å²) in [6, 6.07) is -0.640. The van der Waals surface area contributed by atoms with Crippen LogP contribution in [-0.4, -0.2) is 36.9 Å². The number of nitrogens with two attached hydrogens (primary N) is 1. The van der Waals surface area contributed by atoms with Crippen molar-refractivity contribution in [2.45, 2.75) is 18.8 Å². The van der Waals surface area contributed by atoms with Crippen LogP contribution in [0.1, 0.15) is 6.42 Å². The van der Waals surface area contributed by atoms with Gasteiger partial charge in [-0.1, -0.05) is 0 Å². The van der Waals surface area contributed by atoms with E-state index < -0.39 is 12.3 Å². The second-order valence-electron chi connectivity index (χ2n) is 2.49. The normalized spacial score (nSPS) is 29.8. The quantitative estimate of drug-likeness (QED) is 0.489. The molecule has 0 spiro atoms. The lowest BCUT2D eigenvalue weighted by atomic mass is 10.2. The maximum atomic E-state index is 10.4. The minimum absolute atomic E-state index is 0.0656. The Labute approximate surface area is 69.6 Å². The molecule has 1 fully saturated rings. The van der Waals surface area contributed by atoms with Crippen molar-refractivity contribution in [2.75, 3.05) is 13.4 Å². The summed E-state index contributed by atoms with van der Waals surface area (Å²) in [5.74, 6) is 0. The summed E-state index contributed by atoms with van der Waals surface area (Å²) in [7, 11) is 0. The fourth-order valence-electron chi connectivity index (χ4n) is 0.979. The number of nitrogens with one attached hydrogen (secondary N) is 1. The topological polar surface area (TPSA) is 93.8 Å². The van der Waals surface area contributed by atoms with Crippen molar-refractivity contribution in [1.82, 2.24) is 5.32 Å². The number of urea groups is 1. The molecule has 0 saturated carbocycles. The number of carbonyl (C=O) groups is 1. The van der Waals surface area contributed by atoms with Crippen LogP contribution in [0.2, 0.25) is 0 Å². The van der Waals surface area contributed by atoms with Crippen LogP contribution in [0.3, 0.4) is 0 Å². The summed E-state index contributed by atoms with van der Waals surface area (Å²) in [6.45, 7) is -0.0174. The summed E-state index contributed by atoms with van der Waals surface area (Å²) in [5, 5.41) is 11.1. The molecule has 2 amide bonds. The van der Waals surface area contributed by atoms with Gasteiger partial charge < -0.3 is 25.6 Å². The van der Waals surface area contributed by atoms with Crippen LogP contribution in [-0.2, 0) is 9.47 Å². The van der Waals surface area contributed by atoms with Crippen molar-refractivity contribution in [1.29, 1.82) is 0 Å². The van der Waals surface area contributed by atoms with E-state index in [0.717, 1.165) is 0 Å². The number of amides is 2. The van der Waals surface area contributed by atoms with Crippen LogP contribution in [0.4, 0.5) is 4.79 Å². The van der Waals surface area contributed by atoms with Gasteiger partial charge in [-0.3, -0.25) is 0 Å². The number of aliphatic hydroxyl groups is 1. The van der Waals surface area contributed by atoms with Crippen molar-refractivity contribution in [3.63, 3.8) is 0 Å². The first-order chi connectivity index (χ1) is 5.72. The molecule has 12 heavy (non-hydrogen) atoms. The van der Waals surface area contributed by atoms with Gasteiger partial charge in [0.1, 0.15) is 13.0 Å². The molecule has 0 radical (unpaired) electrons. The largest absolute Gasteiger partial charge is 0.394 e. The fourth-order valence-corrected chi connectivity index (χ4v) is 0.979. The highest BCUT2D eigenvalue weighted by Gasteiger charge is 2.22. The van der Waals surface area contributed by atoms with E-state index in [2.05, 4.69) is 5.32 Å².